The van der Waals surface area contributed by atoms with Gasteiger partial charge in [0, 0.05) is 5.02 Å². The molecule has 0 atom stereocenters. The van der Waals surface area contributed by atoms with Crippen LogP contribution in [0.4, 0.5) is 10.5 Å². The zero-order chi connectivity index (χ0) is 21.1. The number of carbonyl (C=O) groups excluding carboxylic acids is 3. The Morgan fingerprint density at radius 3 is 2.66 bits per heavy atom. The predicted octanol–water partition coefficient (Wildman–Crippen LogP) is 4.64. The van der Waals surface area contributed by atoms with Gasteiger partial charge in [0.25, 0.3) is 11.8 Å². The number of imide groups is 2. The van der Waals surface area contributed by atoms with E-state index in [2.05, 4.69) is 27.8 Å². The third-order valence-corrected chi connectivity index (χ3v) is 4.99. The van der Waals surface area contributed by atoms with Gasteiger partial charge in [-0.2, -0.15) is 0 Å². The topological polar surface area (TPSA) is 75.7 Å². The highest BCUT2D eigenvalue weighted by Crippen LogP contribution is 2.30. The van der Waals surface area contributed by atoms with Gasteiger partial charge in [-0.3, -0.25) is 14.9 Å². The van der Waals surface area contributed by atoms with E-state index in [9.17, 15) is 14.4 Å². The van der Waals surface area contributed by atoms with Crippen LogP contribution in [0.2, 0.25) is 5.02 Å². The second kappa shape index (κ2) is 8.63. The van der Waals surface area contributed by atoms with Gasteiger partial charge in [-0.1, -0.05) is 36.4 Å². The Morgan fingerprint density at radius 2 is 1.97 bits per heavy atom. The van der Waals surface area contributed by atoms with Gasteiger partial charge in [-0.25, -0.2) is 9.69 Å². The molecule has 0 saturated carbocycles. The monoisotopic (exact) mass is 474 g/mol. The zero-order valence-electron chi connectivity index (χ0n) is 15.4. The minimum atomic E-state index is -0.822. The summed E-state index contributed by atoms with van der Waals surface area (Å²) in [7, 11) is 0. The van der Waals surface area contributed by atoms with E-state index >= 15 is 0 Å². The molecule has 0 bridgehead atoms. The molecule has 1 heterocycles. The maximum absolute atomic E-state index is 13.0. The lowest BCUT2D eigenvalue weighted by atomic mass is 10.1. The summed E-state index contributed by atoms with van der Waals surface area (Å²) in [6.07, 6.45) is 3.04. The van der Waals surface area contributed by atoms with Crippen LogP contribution >= 0.6 is 27.5 Å². The van der Waals surface area contributed by atoms with E-state index in [1.807, 2.05) is 0 Å². The molecule has 6 nitrogen and oxygen atoms in total. The molecule has 1 aliphatic heterocycles. The number of urea groups is 1. The molecule has 8 heteroatoms. The summed E-state index contributed by atoms with van der Waals surface area (Å²) in [5, 5.41) is 2.57. The van der Waals surface area contributed by atoms with Gasteiger partial charge >= 0.3 is 6.03 Å². The summed E-state index contributed by atoms with van der Waals surface area (Å²) in [6.45, 7) is 5.68. The number of barbiturate groups is 1. The number of anilines is 1. The van der Waals surface area contributed by atoms with E-state index in [0.29, 0.717) is 38.7 Å². The van der Waals surface area contributed by atoms with Crippen molar-refractivity contribution in [1.29, 1.82) is 0 Å². The summed E-state index contributed by atoms with van der Waals surface area (Å²) < 4.78 is 6.14. The second-order valence-electron chi connectivity index (χ2n) is 6.18. The highest BCUT2D eigenvalue weighted by atomic mass is 79.9. The van der Waals surface area contributed by atoms with Gasteiger partial charge in [0.1, 0.15) is 17.9 Å². The Bertz CT molecular complexity index is 1060. The Hall–Kier alpha value is -2.90. The largest absolute Gasteiger partial charge is 0.488 e. The van der Waals surface area contributed by atoms with E-state index in [4.69, 9.17) is 16.3 Å². The van der Waals surface area contributed by atoms with Gasteiger partial charge in [0.05, 0.1) is 10.2 Å². The van der Waals surface area contributed by atoms with E-state index in [1.54, 1.807) is 43.3 Å². The van der Waals surface area contributed by atoms with Crippen LogP contribution in [-0.2, 0) is 9.59 Å². The number of halogens is 2. The van der Waals surface area contributed by atoms with Crippen molar-refractivity contribution in [2.45, 2.75) is 6.92 Å². The first-order chi connectivity index (χ1) is 13.8. The van der Waals surface area contributed by atoms with Crippen LogP contribution < -0.4 is 15.0 Å². The highest BCUT2D eigenvalue weighted by molar-refractivity contribution is 9.10. The Balaban J connectivity index is 1.98. The lowest BCUT2D eigenvalue weighted by Gasteiger charge is -2.27. The van der Waals surface area contributed by atoms with Crippen molar-refractivity contribution in [1.82, 2.24) is 5.32 Å². The molecule has 0 unspecified atom stereocenters. The maximum atomic E-state index is 13.0. The number of carbonyl (C=O) groups is 3. The van der Waals surface area contributed by atoms with Crippen molar-refractivity contribution in [3.8, 4) is 5.75 Å². The van der Waals surface area contributed by atoms with E-state index in [-0.39, 0.29) is 5.57 Å². The van der Waals surface area contributed by atoms with Crippen molar-refractivity contribution in [3.63, 3.8) is 0 Å². The van der Waals surface area contributed by atoms with Crippen molar-refractivity contribution in [2.24, 2.45) is 0 Å². The molecular formula is C21H16BrClN2O4. The van der Waals surface area contributed by atoms with Gasteiger partial charge in [-0.05, 0) is 64.3 Å². The number of nitrogens with one attached hydrogen (secondary N) is 1. The molecule has 4 amide bonds. The molecule has 1 fully saturated rings. The standard InChI is InChI=1S/C21H16BrClN2O4/c1-3-8-29-18-7-5-13(10-16(18)22)9-15-19(26)24-21(28)25(20(15)27)17-11-14(23)6-4-12(17)2/h3-7,9-11H,1,8H2,2H3,(H,24,26,28)/b15-9+. The number of ether oxygens (including phenoxy) is 1. The molecule has 1 saturated heterocycles. The minimum absolute atomic E-state index is 0.171. The quantitative estimate of drug-likeness (QED) is 0.388. The van der Waals surface area contributed by atoms with E-state index in [0.717, 1.165) is 4.90 Å². The van der Waals surface area contributed by atoms with Crippen LogP contribution in [0.5, 0.6) is 5.75 Å². The number of hydrogen-bond acceptors (Lipinski definition) is 4. The number of nitrogens with zero attached hydrogens (tertiary/aromatic N) is 1. The summed E-state index contributed by atoms with van der Waals surface area (Å²) in [5.74, 6) is -0.899. The number of benzene rings is 2. The molecule has 1 N–H and O–H groups in total. The molecule has 29 heavy (non-hydrogen) atoms. The fourth-order valence-corrected chi connectivity index (χ4v) is 3.42. The third kappa shape index (κ3) is 4.41. The molecular weight excluding hydrogens is 460 g/mol. The Morgan fingerprint density at radius 1 is 1.21 bits per heavy atom. The SMILES string of the molecule is C=CCOc1ccc(/C=C2\C(=O)NC(=O)N(c3cc(Cl)ccc3C)C2=O)cc1Br. The molecule has 0 aliphatic carbocycles. The molecule has 0 spiro atoms. The van der Waals surface area contributed by atoms with Crippen molar-refractivity contribution in [2.75, 3.05) is 11.5 Å². The lowest BCUT2D eigenvalue weighted by Crippen LogP contribution is -2.54. The minimum Gasteiger partial charge on any atom is -0.488 e. The van der Waals surface area contributed by atoms with Crippen LogP contribution in [0.15, 0.2) is 59.1 Å². The van der Waals surface area contributed by atoms with Crippen LogP contribution in [0.1, 0.15) is 11.1 Å². The molecule has 148 valence electrons. The van der Waals surface area contributed by atoms with E-state index in [1.165, 1.54) is 12.1 Å². The number of rotatable bonds is 5. The molecule has 3 rings (SSSR count). The van der Waals surface area contributed by atoms with Crippen LogP contribution in [-0.4, -0.2) is 24.5 Å². The lowest BCUT2D eigenvalue weighted by molar-refractivity contribution is -0.122. The summed E-state index contributed by atoms with van der Waals surface area (Å²) in [6, 6.07) is 9.13. The predicted molar refractivity (Wildman–Crippen MR) is 115 cm³/mol. The van der Waals surface area contributed by atoms with Crippen LogP contribution in [0, 0.1) is 6.92 Å². The first-order valence-electron chi connectivity index (χ1n) is 8.52. The van der Waals surface area contributed by atoms with Crippen LogP contribution in [0.3, 0.4) is 0 Å². The molecule has 0 aromatic heterocycles. The highest BCUT2D eigenvalue weighted by Gasteiger charge is 2.37. The van der Waals surface area contributed by atoms with Gasteiger partial charge < -0.3 is 4.74 Å². The molecule has 2 aromatic rings. The number of hydrogen-bond donors (Lipinski definition) is 1. The maximum Gasteiger partial charge on any atom is 0.335 e. The molecule has 2 aromatic carbocycles. The second-order valence-corrected chi connectivity index (χ2v) is 7.47. The first kappa shape index (κ1) is 20.8. The molecule has 1 aliphatic rings. The molecule has 0 radical (unpaired) electrons. The average Bonchev–Trinajstić information content (AvgIpc) is 2.67. The van der Waals surface area contributed by atoms with Gasteiger partial charge in [0.2, 0.25) is 0 Å². The van der Waals surface area contributed by atoms with Crippen molar-refractivity contribution < 1.29 is 19.1 Å². The smallest absolute Gasteiger partial charge is 0.335 e. The first-order valence-corrected chi connectivity index (χ1v) is 9.69. The van der Waals surface area contributed by atoms with Crippen LogP contribution in [0.25, 0.3) is 6.08 Å². The van der Waals surface area contributed by atoms with Crippen molar-refractivity contribution >= 4 is 57.1 Å². The summed E-state index contributed by atoms with van der Waals surface area (Å²) >= 11 is 9.42. The summed E-state index contributed by atoms with van der Waals surface area (Å²) in [5.41, 5.74) is 1.39. The fraction of sp³-hybridized carbons (Fsp3) is 0.0952. The van der Waals surface area contributed by atoms with E-state index < -0.39 is 17.8 Å². The zero-order valence-corrected chi connectivity index (χ0v) is 17.7. The summed E-state index contributed by atoms with van der Waals surface area (Å²) in [4.78, 5) is 38.6. The van der Waals surface area contributed by atoms with Gasteiger partial charge in [-0.15, -0.1) is 0 Å². The van der Waals surface area contributed by atoms with Crippen molar-refractivity contribution in [3.05, 3.63) is 75.2 Å². The number of aryl methyl sites for hydroxylation is 1. The normalized spacial score (nSPS) is 15.5. The average molecular weight is 476 g/mol. The van der Waals surface area contributed by atoms with Gasteiger partial charge in [0.15, 0.2) is 0 Å². The Kier molecular flexibility index (Phi) is 6.20. The Labute approximate surface area is 180 Å². The fourth-order valence-electron chi connectivity index (χ4n) is 2.74. The third-order valence-electron chi connectivity index (χ3n) is 4.14. The number of amides is 4.